The van der Waals surface area contributed by atoms with E-state index in [2.05, 4.69) is 22.9 Å². The smallest absolute Gasteiger partial charge is 0.305 e. The molecular formula is C10H10O2. The standard InChI is InChI=1S/C10H10O2/c1-12-10(11)5-3-8-6-7-2-4-9(7)8/h2,4,6H,3,5H2,1H3. The molecule has 2 aliphatic rings. The molecule has 0 aliphatic heterocycles. The number of esters is 1. The predicted molar refractivity (Wildman–Crippen MR) is 45.8 cm³/mol. The molecule has 0 N–H and O–H groups in total. The normalized spacial score (nSPS) is 11.1. The molecule has 2 nitrogen and oxygen atoms in total. The molecule has 0 radical (unpaired) electrons. The van der Waals surface area contributed by atoms with Gasteiger partial charge in [0.25, 0.3) is 0 Å². The van der Waals surface area contributed by atoms with E-state index in [0.717, 1.165) is 6.42 Å². The molecule has 12 heavy (non-hydrogen) atoms. The quantitative estimate of drug-likeness (QED) is 0.643. The van der Waals surface area contributed by atoms with Crippen molar-refractivity contribution >= 4 is 5.97 Å². The molecule has 0 aromatic rings. The highest BCUT2D eigenvalue weighted by Gasteiger charge is 2.16. The lowest BCUT2D eigenvalue weighted by atomic mass is 9.84. The Balaban J connectivity index is 1.88. The summed E-state index contributed by atoms with van der Waals surface area (Å²) in [4.78, 5) is 10.8. The molecule has 0 saturated heterocycles. The molecule has 0 atom stereocenters. The van der Waals surface area contributed by atoms with Crippen LogP contribution >= 0.6 is 0 Å². The molecule has 0 fully saturated rings. The maximum Gasteiger partial charge on any atom is 0.305 e. The Hall–Kier alpha value is -1.31. The van der Waals surface area contributed by atoms with E-state index in [1.165, 1.54) is 23.8 Å². The first kappa shape index (κ1) is 7.35. The van der Waals surface area contributed by atoms with Gasteiger partial charge < -0.3 is 4.74 Å². The second-order valence-electron chi connectivity index (χ2n) is 2.95. The van der Waals surface area contributed by atoms with Gasteiger partial charge in [0.05, 0.1) is 7.11 Å². The molecule has 0 unspecified atom stereocenters. The SMILES string of the molecule is COC(=O)CCc1cc2ccc1-2. The molecule has 0 aromatic heterocycles. The van der Waals surface area contributed by atoms with E-state index in [9.17, 15) is 4.79 Å². The van der Waals surface area contributed by atoms with Gasteiger partial charge in [0.1, 0.15) is 0 Å². The maximum absolute atomic E-state index is 10.8. The number of benzene rings is 1. The molecule has 0 spiro atoms. The van der Waals surface area contributed by atoms with E-state index < -0.39 is 0 Å². The number of aryl methyl sites for hydroxylation is 1. The summed E-state index contributed by atoms with van der Waals surface area (Å²) in [5, 5.41) is 0. The van der Waals surface area contributed by atoms with Crippen molar-refractivity contribution in [3.05, 3.63) is 23.8 Å². The van der Waals surface area contributed by atoms with Crippen LogP contribution in [0.25, 0.3) is 11.1 Å². The zero-order chi connectivity index (χ0) is 8.55. The topological polar surface area (TPSA) is 26.3 Å². The molecule has 0 heterocycles. The van der Waals surface area contributed by atoms with Crippen molar-refractivity contribution in [2.75, 3.05) is 7.11 Å². The minimum Gasteiger partial charge on any atom is -0.469 e. The highest BCUT2D eigenvalue weighted by molar-refractivity contribution is 5.81. The van der Waals surface area contributed by atoms with E-state index in [-0.39, 0.29) is 5.97 Å². The van der Waals surface area contributed by atoms with Crippen LogP contribution in [-0.4, -0.2) is 13.1 Å². The third kappa shape index (κ3) is 0.998. The summed E-state index contributed by atoms with van der Waals surface area (Å²) in [6.45, 7) is 0. The average molecular weight is 162 g/mol. The van der Waals surface area contributed by atoms with Gasteiger partial charge in [0.15, 0.2) is 0 Å². The Morgan fingerprint density at radius 3 is 2.75 bits per heavy atom. The van der Waals surface area contributed by atoms with Crippen LogP contribution in [0.4, 0.5) is 0 Å². The third-order valence-electron chi connectivity index (χ3n) is 2.24. The van der Waals surface area contributed by atoms with Crippen LogP contribution in [0.5, 0.6) is 0 Å². The zero-order valence-corrected chi connectivity index (χ0v) is 6.96. The van der Waals surface area contributed by atoms with Gasteiger partial charge in [-0.15, -0.1) is 0 Å². The molecule has 2 aliphatic carbocycles. The largest absolute Gasteiger partial charge is 0.469 e. The number of carbonyl (C=O) groups excluding carboxylic acids is 1. The van der Waals surface area contributed by atoms with Crippen LogP contribution in [0.3, 0.4) is 0 Å². The van der Waals surface area contributed by atoms with E-state index in [4.69, 9.17) is 0 Å². The summed E-state index contributed by atoms with van der Waals surface area (Å²) < 4.78 is 4.55. The summed E-state index contributed by atoms with van der Waals surface area (Å²) in [6.07, 6.45) is 1.31. The van der Waals surface area contributed by atoms with Gasteiger partial charge in [-0.1, -0.05) is 18.2 Å². The summed E-state index contributed by atoms with van der Waals surface area (Å²) in [7, 11) is 1.42. The van der Waals surface area contributed by atoms with Gasteiger partial charge in [0, 0.05) is 6.42 Å². The number of carbonyl (C=O) groups is 1. The molecular weight excluding hydrogens is 152 g/mol. The second-order valence-corrected chi connectivity index (χ2v) is 2.95. The number of hydrogen-bond acceptors (Lipinski definition) is 2. The average Bonchev–Trinajstić information content (AvgIpc) is 2.06. The maximum atomic E-state index is 10.8. The van der Waals surface area contributed by atoms with E-state index in [0.29, 0.717) is 6.42 Å². The fourth-order valence-corrected chi connectivity index (χ4v) is 1.41. The van der Waals surface area contributed by atoms with E-state index >= 15 is 0 Å². The summed E-state index contributed by atoms with van der Waals surface area (Å²) in [5.41, 5.74) is 3.95. The van der Waals surface area contributed by atoms with E-state index in [1.807, 2.05) is 0 Å². The van der Waals surface area contributed by atoms with Crippen LogP contribution < -0.4 is 0 Å². The van der Waals surface area contributed by atoms with Crippen molar-refractivity contribution in [3.8, 4) is 11.1 Å². The highest BCUT2D eigenvalue weighted by atomic mass is 16.5. The minimum absolute atomic E-state index is 0.131. The van der Waals surface area contributed by atoms with Crippen molar-refractivity contribution in [1.82, 2.24) is 0 Å². The first-order valence-electron chi connectivity index (χ1n) is 4.01. The van der Waals surface area contributed by atoms with Crippen molar-refractivity contribution in [3.63, 3.8) is 0 Å². The lowest BCUT2D eigenvalue weighted by Crippen LogP contribution is -2.06. The van der Waals surface area contributed by atoms with Gasteiger partial charge in [-0.2, -0.15) is 0 Å². The lowest BCUT2D eigenvalue weighted by Gasteiger charge is -2.20. The van der Waals surface area contributed by atoms with Crippen LogP contribution in [0.2, 0.25) is 0 Å². The van der Waals surface area contributed by atoms with Gasteiger partial charge in [0.2, 0.25) is 0 Å². The fourth-order valence-electron chi connectivity index (χ4n) is 1.41. The molecule has 0 amide bonds. The molecule has 2 heteroatoms. The first-order chi connectivity index (χ1) is 5.81. The molecule has 0 saturated carbocycles. The number of rotatable bonds is 3. The first-order valence-corrected chi connectivity index (χ1v) is 4.01. The van der Waals surface area contributed by atoms with Gasteiger partial charge in [-0.3, -0.25) is 4.79 Å². The number of fused-ring (bicyclic) bond motifs is 1. The Morgan fingerprint density at radius 2 is 2.33 bits per heavy atom. The molecule has 62 valence electrons. The Morgan fingerprint density at radius 1 is 1.50 bits per heavy atom. The number of hydrogen-bond donors (Lipinski definition) is 0. The Labute approximate surface area is 71.2 Å². The predicted octanol–water partition coefficient (Wildman–Crippen LogP) is 1.77. The summed E-state index contributed by atoms with van der Waals surface area (Å²) in [5.74, 6) is -0.131. The molecule has 0 bridgehead atoms. The summed E-state index contributed by atoms with van der Waals surface area (Å²) >= 11 is 0. The second kappa shape index (κ2) is 2.63. The Kier molecular flexibility index (Phi) is 1.61. The van der Waals surface area contributed by atoms with Gasteiger partial charge in [-0.05, 0) is 23.1 Å². The molecule has 2 rings (SSSR count). The van der Waals surface area contributed by atoms with Crippen molar-refractivity contribution in [2.45, 2.75) is 12.8 Å². The lowest BCUT2D eigenvalue weighted by molar-refractivity contribution is -0.140. The van der Waals surface area contributed by atoms with Crippen molar-refractivity contribution < 1.29 is 9.53 Å². The van der Waals surface area contributed by atoms with Gasteiger partial charge in [-0.25, -0.2) is 0 Å². The monoisotopic (exact) mass is 162 g/mol. The third-order valence-corrected chi connectivity index (χ3v) is 2.24. The van der Waals surface area contributed by atoms with Crippen LogP contribution in [0.1, 0.15) is 12.0 Å². The van der Waals surface area contributed by atoms with Crippen LogP contribution in [0, 0.1) is 0 Å². The zero-order valence-electron chi connectivity index (χ0n) is 6.96. The fraction of sp³-hybridized carbons (Fsp3) is 0.300. The summed E-state index contributed by atoms with van der Waals surface area (Å²) in [6, 6.07) is 6.29. The van der Waals surface area contributed by atoms with Crippen LogP contribution in [-0.2, 0) is 16.0 Å². The van der Waals surface area contributed by atoms with Crippen molar-refractivity contribution in [1.29, 1.82) is 0 Å². The minimum atomic E-state index is -0.131. The van der Waals surface area contributed by atoms with E-state index in [1.54, 1.807) is 0 Å². The number of methoxy groups -OCH3 is 1. The number of ether oxygens (including phenoxy) is 1. The van der Waals surface area contributed by atoms with Gasteiger partial charge >= 0.3 is 5.97 Å². The van der Waals surface area contributed by atoms with Crippen molar-refractivity contribution in [2.24, 2.45) is 0 Å². The highest BCUT2D eigenvalue weighted by Crippen LogP contribution is 2.36. The van der Waals surface area contributed by atoms with Crippen LogP contribution in [0.15, 0.2) is 18.2 Å². The Bertz CT molecular complexity index is 329. The molecule has 0 aromatic carbocycles.